The molecular weight excluding hydrogens is 243 g/mol. The molecular formula is C9H6F3NO4. The van der Waals surface area contributed by atoms with Crippen LogP contribution in [-0.4, -0.2) is 21.8 Å². The first-order valence-electron chi connectivity index (χ1n) is 4.23. The highest BCUT2D eigenvalue weighted by atomic mass is 19.4. The van der Waals surface area contributed by atoms with E-state index in [2.05, 4.69) is 0 Å². The van der Waals surface area contributed by atoms with Crippen molar-refractivity contribution in [2.75, 3.05) is 0 Å². The zero-order valence-electron chi connectivity index (χ0n) is 8.38. The average molecular weight is 249 g/mol. The van der Waals surface area contributed by atoms with Crippen molar-refractivity contribution in [2.24, 2.45) is 0 Å². The molecule has 0 aliphatic heterocycles. The zero-order chi connectivity index (χ0) is 13.4. The number of aromatic carboxylic acids is 1. The van der Waals surface area contributed by atoms with Gasteiger partial charge in [0.25, 0.3) is 5.56 Å². The van der Waals surface area contributed by atoms with E-state index in [4.69, 9.17) is 5.11 Å². The van der Waals surface area contributed by atoms with Gasteiger partial charge in [0.05, 0.1) is 11.1 Å². The number of carbonyl (C=O) groups excluding carboxylic acids is 1. The SMILES string of the molecule is CC(=O)c1cc(C(=O)O)c(C(F)(F)F)[nH]c1=O. The molecule has 0 saturated carbocycles. The van der Waals surface area contributed by atoms with E-state index in [-0.39, 0.29) is 0 Å². The first kappa shape index (κ1) is 12.9. The van der Waals surface area contributed by atoms with Crippen LogP contribution in [-0.2, 0) is 6.18 Å². The quantitative estimate of drug-likeness (QED) is 0.773. The van der Waals surface area contributed by atoms with Crippen LogP contribution in [0, 0.1) is 0 Å². The molecule has 2 N–H and O–H groups in total. The molecule has 1 aromatic heterocycles. The fraction of sp³-hybridized carbons (Fsp3) is 0.222. The third kappa shape index (κ3) is 2.52. The highest BCUT2D eigenvalue weighted by Crippen LogP contribution is 2.29. The predicted molar refractivity (Wildman–Crippen MR) is 49.0 cm³/mol. The number of pyridine rings is 1. The Morgan fingerprint density at radius 2 is 1.82 bits per heavy atom. The van der Waals surface area contributed by atoms with Crippen molar-refractivity contribution >= 4 is 11.8 Å². The largest absolute Gasteiger partial charge is 0.478 e. The van der Waals surface area contributed by atoms with Gasteiger partial charge in [0.2, 0.25) is 0 Å². The summed E-state index contributed by atoms with van der Waals surface area (Å²) >= 11 is 0. The second-order valence-electron chi connectivity index (χ2n) is 3.16. The first-order chi connectivity index (χ1) is 7.64. The smallest absolute Gasteiger partial charge is 0.432 e. The Morgan fingerprint density at radius 1 is 1.29 bits per heavy atom. The van der Waals surface area contributed by atoms with Crippen molar-refractivity contribution in [3.05, 3.63) is 33.2 Å². The van der Waals surface area contributed by atoms with Gasteiger partial charge in [-0.15, -0.1) is 0 Å². The van der Waals surface area contributed by atoms with Gasteiger partial charge in [-0.3, -0.25) is 9.59 Å². The molecule has 1 heterocycles. The molecule has 1 rings (SSSR count). The van der Waals surface area contributed by atoms with Crippen molar-refractivity contribution in [3.8, 4) is 0 Å². The standard InChI is InChI=1S/C9H6F3NO4/c1-3(14)4-2-5(8(16)17)6(9(10,11)12)13-7(4)15/h2H,1H3,(H,13,15)(H,16,17). The minimum absolute atomic E-state index is 0.423. The minimum atomic E-state index is -5.01. The highest BCUT2D eigenvalue weighted by molar-refractivity contribution is 5.97. The second-order valence-corrected chi connectivity index (χ2v) is 3.16. The molecule has 5 nitrogen and oxygen atoms in total. The molecule has 8 heteroatoms. The Morgan fingerprint density at radius 3 is 2.18 bits per heavy atom. The summed E-state index contributed by atoms with van der Waals surface area (Å²) in [5, 5.41) is 8.59. The molecule has 0 atom stereocenters. The number of carboxylic acids is 1. The third-order valence-electron chi connectivity index (χ3n) is 1.93. The number of nitrogens with one attached hydrogen (secondary N) is 1. The molecule has 0 amide bonds. The number of carbonyl (C=O) groups is 2. The maximum atomic E-state index is 12.4. The van der Waals surface area contributed by atoms with E-state index in [1.165, 1.54) is 4.98 Å². The number of hydrogen-bond acceptors (Lipinski definition) is 3. The van der Waals surface area contributed by atoms with Crippen LogP contribution in [0.2, 0.25) is 0 Å². The van der Waals surface area contributed by atoms with Gasteiger partial charge < -0.3 is 10.1 Å². The van der Waals surface area contributed by atoms with E-state index in [9.17, 15) is 27.6 Å². The number of carboxylic acid groups (broad SMARTS) is 1. The lowest BCUT2D eigenvalue weighted by Gasteiger charge is -2.10. The maximum absolute atomic E-state index is 12.4. The number of H-pyrrole nitrogens is 1. The number of hydrogen-bond donors (Lipinski definition) is 2. The normalized spacial score (nSPS) is 11.3. The van der Waals surface area contributed by atoms with E-state index in [1.807, 2.05) is 0 Å². The van der Waals surface area contributed by atoms with Crippen LogP contribution in [0.4, 0.5) is 13.2 Å². The summed E-state index contributed by atoms with van der Waals surface area (Å²) < 4.78 is 37.2. The van der Waals surface area contributed by atoms with Crippen LogP contribution in [0.3, 0.4) is 0 Å². The molecule has 17 heavy (non-hydrogen) atoms. The number of aromatic amines is 1. The van der Waals surface area contributed by atoms with Crippen LogP contribution in [0.1, 0.15) is 33.3 Å². The predicted octanol–water partition coefficient (Wildman–Crippen LogP) is 1.29. The molecule has 0 spiro atoms. The number of halogens is 3. The van der Waals surface area contributed by atoms with Crippen LogP contribution < -0.4 is 5.56 Å². The second kappa shape index (κ2) is 4.04. The van der Waals surface area contributed by atoms with Gasteiger partial charge in [-0.2, -0.15) is 13.2 Å². The number of aromatic nitrogens is 1. The Balaban J connectivity index is 3.65. The first-order valence-corrected chi connectivity index (χ1v) is 4.23. The van der Waals surface area contributed by atoms with Crippen molar-refractivity contribution in [1.82, 2.24) is 4.98 Å². The topological polar surface area (TPSA) is 87.2 Å². The van der Waals surface area contributed by atoms with Crippen molar-refractivity contribution < 1.29 is 27.9 Å². The lowest BCUT2D eigenvalue weighted by molar-refractivity contribution is -0.141. The van der Waals surface area contributed by atoms with E-state index in [0.29, 0.717) is 6.07 Å². The van der Waals surface area contributed by atoms with Crippen LogP contribution in [0.25, 0.3) is 0 Å². The van der Waals surface area contributed by atoms with E-state index < -0.39 is 40.3 Å². The Hall–Kier alpha value is -2.12. The van der Waals surface area contributed by atoms with E-state index in [1.54, 1.807) is 0 Å². The van der Waals surface area contributed by atoms with Gasteiger partial charge in [-0.05, 0) is 13.0 Å². The summed E-state index contributed by atoms with van der Waals surface area (Å²) in [7, 11) is 0. The molecule has 0 saturated heterocycles. The molecule has 0 bridgehead atoms. The van der Waals surface area contributed by atoms with Gasteiger partial charge in [0, 0.05) is 0 Å². The van der Waals surface area contributed by atoms with Gasteiger partial charge in [-0.1, -0.05) is 0 Å². The van der Waals surface area contributed by atoms with Crippen molar-refractivity contribution in [3.63, 3.8) is 0 Å². The minimum Gasteiger partial charge on any atom is -0.478 e. The van der Waals surface area contributed by atoms with Crippen LogP contribution in [0.15, 0.2) is 10.9 Å². The van der Waals surface area contributed by atoms with E-state index >= 15 is 0 Å². The Labute approximate surface area is 91.9 Å². The highest BCUT2D eigenvalue weighted by Gasteiger charge is 2.37. The summed E-state index contributed by atoms with van der Waals surface area (Å²) in [4.78, 5) is 34.0. The summed E-state index contributed by atoms with van der Waals surface area (Å²) in [6, 6.07) is 0.423. The lowest BCUT2D eigenvalue weighted by atomic mass is 10.1. The van der Waals surface area contributed by atoms with Gasteiger partial charge in [-0.25, -0.2) is 4.79 Å². The van der Waals surface area contributed by atoms with E-state index in [0.717, 1.165) is 6.92 Å². The molecule has 0 unspecified atom stereocenters. The molecule has 0 radical (unpaired) electrons. The van der Waals surface area contributed by atoms with Crippen LogP contribution in [0.5, 0.6) is 0 Å². The summed E-state index contributed by atoms with van der Waals surface area (Å²) in [6.07, 6.45) is -5.01. The number of Topliss-reactive ketones (excluding diaryl/α,β-unsaturated/α-hetero) is 1. The zero-order valence-corrected chi connectivity index (χ0v) is 8.38. The molecule has 1 aromatic rings. The number of ketones is 1. The molecule has 0 aliphatic rings. The monoisotopic (exact) mass is 249 g/mol. The number of alkyl halides is 3. The van der Waals surface area contributed by atoms with Crippen LogP contribution >= 0.6 is 0 Å². The molecule has 92 valence electrons. The summed E-state index contributed by atoms with van der Waals surface area (Å²) in [5.74, 6) is -2.70. The average Bonchev–Trinajstić information content (AvgIpc) is 2.14. The maximum Gasteiger partial charge on any atom is 0.432 e. The van der Waals surface area contributed by atoms with Crippen molar-refractivity contribution in [2.45, 2.75) is 13.1 Å². The van der Waals surface area contributed by atoms with Gasteiger partial charge in [0.15, 0.2) is 5.78 Å². The summed E-state index contributed by atoms with van der Waals surface area (Å²) in [5.41, 5.74) is -4.74. The lowest BCUT2D eigenvalue weighted by Crippen LogP contribution is -2.25. The summed E-state index contributed by atoms with van der Waals surface area (Å²) in [6.45, 7) is 0.948. The molecule has 0 aromatic carbocycles. The fourth-order valence-electron chi connectivity index (χ4n) is 1.18. The fourth-order valence-corrected chi connectivity index (χ4v) is 1.18. The van der Waals surface area contributed by atoms with Crippen molar-refractivity contribution in [1.29, 1.82) is 0 Å². The number of rotatable bonds is 2. The molecule has 0 aliphatic carbocycles. The van der Waals surface area contributed by atoms with Gasteiger partial charge >= 0.3 is 12.1 Å². The Kier molecular flexibility index (Phi) is 3.08. The Bertz CT molecular complexity index is 544. The molecule has 0 fully saturated rings. The van der Waals surface area contributed by atoms with Gasteiger partial charge in [0.1, 0.15) is 5.69 Å². The third-order valence-corrected chi connectivity index (χ3v) is 1.93.